The molecule has 0 radical (unpaired) electrons. The Morgan fingerprint density at radius 2 is 1.71 bits per heavy atom. The summed E-state index contributed by atoms with van der Waals surface area (Å²) in [6.07, 6.45) is 8.04. The number of hydrogen-bond donors (Lipinski definition) is 0. The van der Waals surface area contributed by atoms with Crippen molar-refractivity contribution in [3.63, 3.8) is 0 Å². The molecule has 0 aliphatic heterocycles. The molecule has 14 heavy (non-hydrogen) atoms. The van der Waals surface area contributed by atoms with Gasteiger partial charge in [0.2, 0.25) is 0 Å². The molecule has 1 aromatic carbocycles. The summed E-state index contributed by atoms with van der Waals surface area (Å²) in [4.78, 5) is 0. The fraction of sp³-hybridized carbons (Fsp3) is 0.231. The largest absolute Gasteiger partial charge is 0.207 e. The van der Waals surface area contributed by atoms with Gasteiger partial charge in [0, 0.05) is 0 Å². The molecule has 0 amide bonds. The monoisotopic (exact) mass is 190 g/mol. The van der Waals surface area contributed by atoms with Gasteiger partial charge in [0.15, 0.2) is 0 Å². The van der Waals surface area contributed by atoms with E-state index in [2.05, 4.69) is 19.9 Å². The van der Waals surface area contributed by atoms with E-state index >= 15 is 0 Å². The first kappa shape index (κ1) is 10.7. The third-order valence-corrected chi connectivity index (χ3v) is 1.77. The Hall–Kier alpha value is -1.37. The van der Waals surface area contributed by atoms with Crippen molar-refractivity contribution in [1.29, 1.82) is 0 Å². The molecule has 0 saturated heterocycles. The predicted octanol–water partition coefficient (Wildman–Crippen LogP) is 4.05. The van der Waals surface area contributed by atoms with Crippen molar-refractivity contribution in [2.75, 3.05) is 0 Å². The molecule has 0 aliphatic rings. The minimum Gasteiger partial charge on any atom is -0.207 e. The lowest BCUT2D eigenvalue weighted by Gasteiger charge is -1.92. The molecule has 0 N–H and O–H groups in total. The van der Waals surface area contributed by atoms with Crippen molar-refractivity contribution in [3.8, 4) is 0 Å². The fourth-order valence-electron chi connectivity index (χ4n) is 1.03. The summed E-state index contributed by atoms with van der Waals surface area (Å²) < 4.78 is 12.5. The molecule has 1 heteroatoms. The van der Waals surface area contributed by atoms with Crippen LogP contribution in [-0.4, -0.2) is 0 Å². The lowest BCUT2D eigenvalue weighted by atomic mass is 10.2. The third kappa shape index (κ3) is 4.04. The topological polar surface area (TPSA) is 0 Å². The van der Waals surface area contributed by atoms with Crippen molar-refractivity contribution in [2.45, 2.75) is 13.8 Å². The van der Waals surface area contributed by atoms with Gasteiger partial charge in [-0.15, -0.1) is 0 Å². The van der Waals surface area contributed by atoms with Crippen LogP contribution in [0.15, 0.2) is 42.5 Å². The first-order valence-electron chi connectivity index (χ1n) is 4.79. The minimum absolute atomic E-state index is 0.195. The summed E-state index contributed by atoms with van der Waals surface area (Å²) in [5.41, 5.74) is 1.01. The molecule has 0 bridgehead atoms. The van der Waals surface area contributed by atoms with Crippen LogP contribution in [0.5, 0.6) is 0 Å². The van der Waals surface area contributed by atoms with Gasteiger partial charge in [-0.3, -0.25) is 0 Å². The zero-order chi connectivity index (χ0) is 10.4. The second-order valence-corrected chi connectivity index (χ2v) is 3.54. The molecule has 0 heterocycles. The van der Waals surface area contributed by atoms with Crippen LogP contribution in [0.2, 0.25) is 0 Å². The van der Waals surface area contributed by atoms with E-state index in [9.17, 15) is 4.39 Å². The second-order valence-electron chi connectivity index (χ2n) is 3.54. The van der Waals surface area contributed by atoms with Gasteiger partial charge in [0.05, 0.1) is 0 Å². The van der Waals surface area contributed by atoms with Crippen molar-refractivity contribution < 1.29 is 4.39 Å². The number of rotatable bonds is 3. The lowest BCUT2D eigenvalue weighted by Crippen LogP contribution is -1.75. The van der Waals surface area contributed by atoms with Crippen molar-refractivity contribution >= 4 is 6.08 Å². The van der Waals surface area contributed by atoms with Crippen LogP contribution in [0, 0.1) is 11.7 Å². The van der Waals surface area contributed by atoms with Gasteiger partial charge < -0.3 is 0 Å². The van der Waals surface area contributed by atoms with Crippen molar-refractivity contribution in [2.24, 2.45) is 5.92 Å². The molecule has 0 fully saturated rings. The molecular weight excluding hydrogens is 175 g/mol. The molecule has 0 atom stereocenters. The van der Waals surface area contributed by atoms with Crippen molar-refractivity contribution in [1.82, 2.24) is 0 Å². The van der Waals surface area contributed by atoms with E-state index in [4.69, 9.17) is 0 Å². The normalized spacial score (nSPS) is 12.0. The molecule has 74 valence electrons. The van der Waals surface area contributed by atoms with Gasteiger partial charge in [-0.2, -0.15) is 0 Å². The fourth-order valence-corrected chi connectivity index (χ4v) is 1.03. The SMILES string of the molecule is CC(C)/C=C\C=C\c1ccc(F)cc1. The number of halogens is 1. The molecule has 0 saturated carbocycles. The average Bonchev–Trinajstić information content (AvgIpc) is 2.15. The van der Waals surface area contributed by atoms with Gasteiger partial charge in [0.1, 0.15) is 5.82 Å². The van der Waals surface area contributed by atoms with Crippen LogP contribution in [-0.2, 0) is 0 Å². The predicted molar refractivity (Wildman–Crippen MR) is 59.4 cm³/mol. The van der Waals surface area contributed by atoms with Crippen LogP contribution >= 0.6 is 0 Å². The van der Waals surface area contributed by atoms with Gasteiger partial charge in [-0.05, 0) is 23.6 Å². The smallest absolute Gasteiger partial charge is 0.123 e. The lowest BCUT2D eigenvalue weighted by molar-refractivity contribution is 0.628. The zero-order valence-electron chi connectivity index (χ0n) is 8.57. The summed E-state index contributed by atoms with van der Waals surface area (Å²) in [6.45, 7) is 4.25. The van der Waals surface area contributed by atoms with Crippen LogP contribution in [0.3, 0.4) is 0 Å². The van der Waals surface area contributed by atoms with Crippen molar-refractivity contribution in [3.05, 3.63) is 53.9 Å². The van der Waals surface area contributed by atoms with E-state index in [0.29, 0.717) is 5.92 Å². The quantitative estimate of drug-likeness (QED) is 0.631. The highest BCUT2D eigenvalue weighted by Crippen LogP contribution is 2.04. The molecule has 0 nitrogen and oxygen atoms in total. The van der Waals surface area contributed by atoms with Gasteiger partial charge in [-0.25, -0.2) is 4.39 Å². The maximum Gasteiger partial charge on any atom is 0.123 e. The number of allylic oxidation sites excluding steroid dienone is 3. The third-order valence-electron chi connectivity index (χ3n) is 1.77. The van der Waals surface area contributed by atoms with Crippen LogP contribution in [0.4, 0.5) is 4.39 Å². The highest BCUT2D eigenvalue weighted by Gasteiger charge is 1.87. The van der Waals surface area contributed by atoms with Crippen LogP contribution in [0.25, 0.3) is 6.08 Å². The minimum atomic E-state index is -0.195. The Kier molecular flexibility index (Phi) is 4.11. The molecular formula is C13H15F. The molecule has 0 unspecified atom stereocenters. The maximum atomic E-state index is 12.5. The molecule has 1 rings (SSSR count). The first-order chi connectivity index (χ1) is 6.68. The van der Waals surface area contributed by atoms with E-state index < -0.39 is 0 Å². The Morgan fingerprint density at radius 1 is 1.07 bits per heavy atom. The maximum absolute atomic E-state index is 12.5. The Bertz CT molecular complexity index is 318. The highest BCUT2D eigenvalue weighted by atomic mass is 19.1. The summed E-state index contributed by atoms with van der Waals surface area (Å²) in [5.74, 6) is 0.368. The molecule has 1 aromatic rings. The van der Waals surface area contributed by atoms with Gasteiger partial charge in [0.25, 0.3) is 0 Å². The standard InChI is InChI=1S/C13H15F/c1-11(2)5-3-4-6-12-7-9-13(14)10-8-12/h3-11H,1-2H3/b5-3-,6-4+. The Balaban J connectivity index is 2.56. The molecule has 0 aromatic heterocycles. The summed E-state index contributed by atoms with van der Waals surface area (Å²) in [7, 11) is 0. The summed E-state index contributed by atoms with van der Waals surface area (Å²) in [5, 5.41) is 0. The van der Waals surface area contributed by atoms with Crippen LogP contribution in [0.1, 0.15) is 19.4 Å². The van der Waals surface area contributed by atoms with E-state index in [1.807, 2.05) is 18.2 Å². The van der Waals surface area contributed by atoms with E-state index in [-0.39, 0.29) is 5.82 Å². The summed E-state index contributed by atoms with van der Waals surface area (Å²) >= 11 is 0. The van der Waals surface area contributed by atoms with E-state index in [0.717, 1.165) is 5.56 Å². The highest BCUT2D eigenvalue weighted by molar-refractivity contribution is 5.50. The first-order valence-corrected chi connectivity index (χ1v) is 4.79. The number of hydrogen-bond acceptors (Lipinski definition) is 0. The zero-order valence-corrected chi connectivity index (χ0v) is 8.57. The van der Waals surface area contributed by atoms with Gasteiger partial charge in [-0.1, -0.05) is 50.3 Å². The summed E-state index contributed by atoms with van der Waals surface area (Å²) in [6, 6.07) is 6.45. The molecule has 0 spiro atoms. The average molecular weight is 190 g/mol. The van der Waals surface area contributed by atoms with E-state index in [1.165, 1.54) is 12.1 Å². The van der Waals surface area contributed by atoms with Gasteiger partial charge >= 0.3 is 0 Å². The molecule has 0 aliphatic carbocycles. The Morgan fingerprint density at radius 3 is 2.29 bits per heavy atom. The van der Waals surface area contributed by atoms with Crippen LogP contribution < -0.4 is 0 Å². The Labute approximate surface area is 84.8 Å². The van der Waals surface area contributed by atoms with E-state index in [1.54, 1.807) is 12.1 Å². The second kappa shape index (κ2) is 5.38. The number of benzene rings is 1.